The molecule has 0 atom stereocenters. The van der Waals surface area contributed by atoms with Gasteiger partial charge >= 0.3 is 5.97 Å². The fourth-order valence-corrected chi connectivity index (χ4v) is 1.27. The topological polar surface area (TPSA) is 72.6 Å². The number of rotatable bonds is 3. The highest BCUT2D eigenvalue weighted by Crippen LogP contribution is 2.17. The van der Waals surface area contributed by atoms with Crippen LogP contribution in [0.5, 0.6) is 0 Å². The first-order valence-electron chi connectivity index (χ1n) is 4.75. The quantitative estimate of drug-likeness (QED) is 0.606. The summed E-state index contributed by atoms with van der Waals surface area (Å²) in [7, 11) is 1.28. The van der Waals surface area contributed by atoms with Crippen LogP contribution in [0, 0.1) is 0 Å². The van der Waals surface area contributed by atoms with Crippen LogP contribution in [0.1, 0.15) is 6.92 Å². The van der Waals surface area contributed by atoms with Crippen LogP contribution in [0.4, 0.5) is 11.4 Å². The van der Waals surface area contributed by atoms with Crippen molar-refractivity contribution in [1.29, 1.82) is 0 Å². The van der Waals surface area contributed by atoms with E-state index < -0.39 is 5.97 Å². The van der Waals surface area contributed by atoms with Gasteiger partial charge in [0.05, 0.1) is 7.11 Å². The average molecular weight is 222 g/mol. The molecular weight excluding hydrogens is 208 g/mol. The molecule has 0 saturated carbocycles. The first-order chi connectivity index (χ1) is 7.54. The molecule has 0 aromatic heterocycles. The maximum atomic E-state index is 11.4. The van der Waals surface area contributed by atoms with Crippen LogP contribution in [0.25, 0.3) is 0 Å². The van der Waals surface area contributed by atoms with E-state index in [2.05, 4.69) is 4.74 Å². The minimum atomic E-state index is -0.474. The number of anilines is 2. The SMILES string of the molecule is COC(=O)CN(C(C)=O)c1cccc(N)c1. The summed E-state index contributed by atoms with van der Waals surface area (Å²) < 4.78 is 4.52. The summed E-state index contributed by atoms with van der Waals surface area (Å²) in [5.74, 6) is -0.714. The second-order valence-corrected chi connectivity index (χ2v) is 3.28. The number of nitrogens with two attached hydrogens (primary N) is 1. The highest BCUT2D eigenvalue weighted by atomic mass is 16.5. The lowest BCUT2D eigenvalue weighted by Gasteiger charge is -2.19. The molecule has 0 spiro atoms. The van der Waals surface area contributed by atoms with Gasteiger partial charge in [0, 0.05) is 18.3 Å². The van der Waals surface area contributed by atoms with E-state index >= 15 is 0 Å². The lowest BCUT2D eigenvalue weighted by Crippen LogP contribution is -2.34. The molecule has 1 aromatic carbocycles. The zero-order valence-corrected chi connectivity index (χ0v) is 9.27. The van der Waals surface area contributed by atoms with E-state index in [0.29, 0.717) is 11.4 Å². The van der Waals surface area contributed by atoms with E-state index in [9.17, 15) is 9.59 Å². The Morgan fingerprint density at radius 1 is 1.44 bits per heavy atom. The number of nitrogen functional groups attached to an aromatic ring is 1. The van der Waals surface area contributed by atoms with E-state index in [-0.39, 0.29) is 12.5 Å². The van der Waals surface area contributed by atoms with Crippen LogP contribution < -0.4 is 10.6 Å². The number of amides is 1. The minimum absolute atomic E-state index is 0.116. The van der Waals surface area contributed by atoms with E-state index in [1.54, 1.807) is 24.3 Å². The maximum absolute atomic E-state index is 11.4. The largest absolute Gasteiger partial charge is 0.468 e. The van der Waals surface area contributed by atoms with Crippen LogP contribution >= 0.6 is 0 Å². The van der Waals surface area contributed by atoms with Crippen molar-refractivity contribution >= 4 is 23.3 Å². The Bertz CT molecular complexity index is 404. The van der Waals surface area contributed by atoms with Gasteiger partial charge in [-0.2, -0.15) is 0 Å². The number of hydrogen-bond acceptors (Lipinski definition) is 4. The normalized spacial score (nSPS) is 9.62. The molecule has 0 unspecified atom stereocenters. The van der Waals surface area contributed by atoms with Gasteiger partial charge in [-0.25, -0.2) is 0 Å². The number of carbonyl (C=O) groups is 2. The number of carbonyl (C=O) groups excluding carboxylic acids is 2. The van der Waals surface area contributed by atoms with Gasteiger partial charge in [-0.1, -0.05) is 6.07 Å². The molecule has 0 radical (unpaired) electrons. The first kappa shape index (κ1) is 12.0. The van der Waals surface area contributed by atoms with Crippen molar-refractivity contribution in [3.63, 3.8) is 0 Å². The van der Waals surface area contributed by atoms with Crippen molar-refractivity contribution in [3.05, 3.63) is 24.3 Å². The Balaban J connectivity index is 2.94. The van der Waals surface area contributed by atoms with Crippen LogP contribution in [-0.4, -0.2) is 25.5 Å². The number of esters is 1. The molecule has 16 heavy (non-hydrogen) atoms. The lowest BCUT2D eigenvalue weighted by atomic mass is 10.2. The van der Waals surface area contributed by atoms with Crippen LogP contribution in [0.3, 0.4) is 0 Å². The van der Waals surface area contributed by atoms with Crippen LogP contribution in [0.2, 0.25) is 0 Å². The van der Waals surface area contributed by atoms with Gasteiger partial charge in [0.25, 0.3) is 0 Å². The average Bonchev–Trinajstić information content (AvgIpc) is 2.25. The van der Waals surface area contributed by atoms with Crippen molar-refractivity contribution in [2.75, 3.05) is 24.3 Å². The zero-order valence-electron chi connectivity index (χ0n) is 9.27. The minimum Gasteiger partial charge on any atom is -0.468 e. The van der Waals surface area contributed by atoms with Crippen molar-refractivity contribution in [2.45, 2.75) is 6.92 Å². The van der Waals surface area contributed by atoms with E-state index in [1.165, 1.54) is 18.9 Å². The van der Waals surface area contributed by atoms with Gasteiger partial charge in [-0.15, -0.1) is 0 Å². The first-order valence-corrected chi connectivity index (χ1v) is 4.75. The van der Waals surface area contributed by atoms with Crippen LogP contribution in [0.15, 0.2) is 24.3 Å². The smallest absolute Gasteiger partial charge is 0.325 e. The Kier molecular flexibility index (Phi) is 3.88. The molecular formula is C11H14N2O3. The summed E-state index contributed by atoms with van der Waals surface area (Å²) in [6.45, 7) is 1.27. The molecule has 1 aromatic rings. The zero-order chi connectivity index (χ0) is 12.1. The summed E-state index contributed by atoms with van der Waals surface area (Å²) >= 11 is 0. The highest BCUT2D eigenvalue weighted by Gasteiger charge is 2.15. The highest BCUT2D eigenvalue weighted by molar-refractivity contribution is 5.96. The van der Waals surface area contributed by atoms with E-state index in [1.807, 2.05) is 0 Å². The predicted octanol–water partition coefficient (Wildman–Crippen LogP) is 0.795. The van der Waals surface area contributed by atoms with Gasteiger partial charge in [-0.3, -0.25) is 9.59 Å². The van der Waals surface area contributed by atoms with Crippen molar-refractivity contribution in [3.8, 4) is 0 Å². The molecule has 5 nitrogen and oxygen atoms in total. The third-order valence-electron chi connectivity index (χ3n) is 2.08. The number of methoxy groups -OCH3 is 1. The fraction of sp³-hybridized carbons (Fsp3) is 0.273. The third-order valence-corrected chi connectivity index (χ3v) is 2.08. The maximum Gasteiger partial charge on any atom is 0.325 e. The molecule has 0 aliphatic rings. The number of nitrogens with zero attached hydrogens (tertiary/aromatic N) is 1. The van der Waals surface area contributed by atoms with Gasteiger partial charge < -0.3 is 15.4 Å². The molecule has 0 aliphatic heterocycles. The second-order valence-electron chi connectivity index (χ2n) is 3.28. The Hall–Kier alpha value is -2.04. The van der Waals surface area contributed by atoms with Gasteiger partial charge in [0.1, 0.15) is 6.54 Å². The van der Waals surface area contributed by atoms with Crippen LogP contribution in [-0.2, 0) is 14.3 Å². The molecule has 1 rings (SSSR count). The Morgan fingerprint density at radius 3 is 2.62 bits per heavy atom. The molecule has 0 saturated heterocycles. The lowest BCUT2D eigenvalue weighted by molar-refractivity contribution is -0.139. The molecule has 2 N–H and O–H groups in total. The Labute approximate surface area is 93.8 Å². The van der Waals surface area contributed by atoms with E-state index in [0.717, 1.165) is 0 Å². The number of hydrogen-bond donors (Lipinski definition) is 1. The molecule has 0 bridgehead atoms. The molecule has 86 valence electrons. The molecule has 1 amide bonds. The summed E-state index contributed by atoms with van der Waals surface area (Å²) in [5.41, 5.74) is 6.72. The third kappa shape index (κ3) is 2.98. The summed E-state index contributed by atoms with van der Waals surface area (Å²) in [4.78, 5) is 23.8. The van der Waals surface area contributed by atoms with Crippen molar-refractivity contribution in [1.82, 2.24) is 0 Å². The molecule has 0 heterocycles. The Morgan fingerprint density at radius 2 is 2.12 bits per heavy atom. The van der Waals surface area contributed by atoms with E-state index in [4.69, 9.17) is 5.73 Å². The summed E-state index contributed by atoms with van der Waals surface area (Å²) in [6, 6.07) is 6.77. The van der Waals surface area contributed by atoms with Gasteiger partial charge in [0.15, 0.2) is 0 Å². The predicted molar refractivity (Wildman–Crippen MR) is 60.9 cm³/mol. The molecule has 0 fully saturated rings. The standard InChI is InChI=1S/C11H14N2O3/c1-8(14)13(7-11(15)16-2)10-5-3-4-9(12)6-10/h3-6H,7,12H2,1-2H3. The van der Waals surface area contributed by atoms with Gasteiger partial charge in [-0.05, 0) is 18.2 Å². The number of benzene rings is 1. The molecule has 5 heteroatoms. The fourth-order valence-electron chi connectivity index (χ4n) is 1.27. The molecule has 0 aliphatic carbocycles. The summed E-state index contributed by atoms with van der Waals surface area (Å²) in [5, 5.41) is 0. The van der Waals surface area contributed by atoms with Gasteiger partial charge in [0.2, 0.25) is 5.91 Å². The monoisotopic (exact) mass is 222 g/mol. The van der Waals surface area contributed by atoms with Crippen molar-refractivity contribution in [2.24, 2.45) is 0 Å². The number of ether oxygens (including phenoxy) is 1. The second kappa shape index (κ2) is 5.16. The summed E-state index contributed by atoms with van der Waals surface area (Å²) in [6.07, 6.45) is 0. The van der Waals surface area contributed by atoms with Crippen molar-refractivity contribution < 1.29 is 14.3 Å².